The summed E-state index contributed by atoms with van der Waals surface area (Å²) in [6, 6.07) is 0. The van der Waals surface area contributed by atoms with Gasteiger partial charge in [-0.15, -0.1) is 0 Å². The second-order valence-electron chi connectivity index (χ2n) is 14.3. The van der Waals surface area contributed by atoms with Crippen LogP contribution in [-0.2, 0) is 19.2 Å². The van der Waals surface area contributed by atoms with Crippen LogP contribution in [0.4, 0.5) is 0 Å². The fourth-order valence-electron chi connectivity index (χ4n) is 3.62. The van der Waals surface area contributed by atoms with Crippen molar-refractivity contribution in [1.29, 1.82) is 0 Å². The summed E-state index contributed by atoms with van der Waals surface area (Å²) in [7, 11) is 0. The van der Waals surface area contributed by atoms with Crippen LogP contribution in [0.25, 0.3) is 0 Å². The Morgan fingerprint density at radius 2 is 0.531 bits per heavy atom. The smallest absolute Gasteiger partial charge is 0.303 e. The van der Waals surface area contributed by atoms with Crippen LogP contribution < -0.4 is 0 Å². The average molecular weight is 713 g/mol. The van der Waals surface area contributed by atoms with Crippen molar-refractivity contribution in [2.45, 2.75) is 158 Å². The highest BCUT2D eigenvalue weighted by atomic mass is 16.4. The molecule has 0 saturated heterocycles. The summed E-state index contributed by atoms with van der Waals surface area (Å²) >= 11 is 0. The number of unbranched alkanes of at least 4 members (excludes halogenated alkanes) is 4. The Hall–Kier alpha value is -2.28. The fourth-order valence-corrected chi connectivity index (χ4v) is 3.62. The molecular weight excluding hydrogens is 636 g/mol. The van der Waals surface area contributed by atoms with Crippen molar-refractivity contribution >= 4 is 23.9 Å². The van der Waals surface area contributed by atoms with E-state index in [9.17, 15) is 19.2 Å². The second kappa shape index (κ2) is 40.2. The lowest BCUT2D eigenvalue weighted by molar-refractivity contribution is -0.138. The number of carbonyl (C=O) groups is 4. The van der Waals surface area contributed by atoms with Gasteiger partial charge in [0, 0.05) is 25.7 Å². The Morgan fingerprint density at radius 3 is 0.612 bits per heavy atom. The number of carboxylic acid groups (broad SMARTS) is 4. The molecule has 12 heteroatoms. The number of aliphatic hydroxyl groups excluding tert-OH is 4. The van der Waals surface area contributed by atoms with Gasteiger partial charge in [-0.3, -0.25) is 19.2 Å². The topological polar surface area (TPSA) is 230 Å². The minimum atomic E-state index is -1.11. The molecule has 0 bridgehead atoms. The third-order valence-corrected chi connectivity index (χ3v) is 7.03. The van der Waals surface area contributed by atoms with Gasteiger partial charge in [0.1, 0.15) is 0 Å². The molecule has 0 rings (SSSR count). The number of aliphatic carboxylic acids is 4. The van der Waals surface area contributed by atoms with Crippen molar-refractivity contribution in [2.24, 2.45) is 29.1 Å². The molecule has 0 amide bonds. The van der Waals surface area contributed by atoms with Gasteiger partial charge in [0.2, 0.25) is 0 Å². The van der Waals surface area contributed by atoms with Gasteiger partial charge in [-0.1, -0.05) is 107 Å². The molecule has 0 unspecified atom stereocenters. The molecule has 0 aliphatic carbocycles. The second-order valence-corrected chi connectivity index (χ2v) is 14.3. The number of hydrogen-bond acceptors (Lipinski definition) is 8. The summed E-state index contributed by atoms with van der Waals surface area (Å²) in [5, 5.41) is 67.1. The zero-order valence-electron chi connectivity index (χ0n) is 32.2. The van der Waals surface area contributed by atoms with E-state index in [1.165, 1.54) is 0 Å². The molecule has 0 aromatic heterocycles. The first kappa shape index (κ1) is 56.1. The molecule has 0 saturated carbocycles. The molecule has 0 spiro atoms. The van der Waals surface area contributed by atoms with Gasteiger partial charge >= 0.3 is 23.9 Å². The SMILES string of the molecule is CC(C)CCCCC(=O)O.CC(C)CCCCC(=O)O.CC(C)CCCCC(=O)O.CC(C)CCCCC(=O)O.OCC(CO)(CO)CO. The molecule has 8 N–H and O–H groups in total. The molecule has 296 valence electrons. The first-order valence-electron chi connectivity index (χ1n) is 18.1. The van der Waals surface area contributed by atoms with E-state index in [0.717, 1.165) is 77.0 Å². The maximum absolute atomic E-state index is 10.0. The van der Waals surface area contributed by atoms with Gasteiger partial charge < -0.3 is 40.9 Å². The molecular formula is C37H76O12. The highest BCUT2D eigenvalue weighted by molar-refractivity contribution is 5.67. The molecule has 49 heavy (non-hydrogen) atoms. The van der Waals surface area contributed by atoms with E-state index in [4.69, 9.17) is 40.9 Å². The molecule has 0 aromatic rings. The van der Waals surface area contributed by atoms with E-state index in [1.54, 1.807) is 0 Å². The van der Waals surface area contributed by atoms with Crippen molar-refractivity contribution in [3.8, 4) is 0 Å². The van der Waals surface area contributed by atoms with Crippen LogP contribution in [-0.4, -0.2) is 91.2 Å². The standard InChI is InChI=1S/4C8H16O2.C5H12O4/c4*1-7(2)5-3-4-6-8(9)10;6-1-5(2-7,3-8)4-9/h4*7H,3-6H2,1-2H3,(H,9,10);6-9H,1-4H2. The molecule has 0 aromatic carbocycles. The van der Waals surface area contributed by atoms with Gasteiger partial charge in [0.05, 0.1) is 31.8 Å². The van der Waals surface area contributed by atoms with Crippen LogP contribution >= 0.6 is 0 Å². The summed E-state index contributed by atoms with van der Waals surface area (Å²) < 4.78 is 0. The Morgan fingerprint density at radius 1 is 0.367 bits per heavy atom. The van der Waals surface area contributed by atoms with Gasteiger partial charge in [-0.05, 0) is 49.4 Å². The van der Waals surface area contributed by atoms with Crippen molar-refractivity contribution in [3.05, 3.63) is 0 Å². The summed E-state index contributed by atoms with van der Waals surface area (Å²) in [5.74, 6) is 0.102. The van der Waals surface area contributed by atoms with Gasteiger partial charge in [0.15, 0.2) is 0 Å². The lowest BCUT2D eigenvalue weighted by atomic mass is 9.93. The Bertz CT molecular complexity index is 626. The van der Waals surface area contributed by atoms with E-state index < -0.39 is 55.7 Å². The summed E-state index contributed by atoms with van der Waals surface area (Å²) in [6.45, 7) is 15.6. The first-order chi connectivity index (χ1) is 22.7. The zero-order valence-corrected chi connectivity index (χ0v) is 32.2. The molecule has 0 radical (unpaired) electrons. The van der Waals surface area contributed by atoms with Crippen molar-refractivity contribution in [3.63, 3.8) is 0 Å². The molecule has 0 atom stereocenters. The normalized spacial score (nSPS) is 10.6. The number of carboxylic acids is 4. The van der Waals surface area contributed by atoms with Crippen LogP contribution in [0, 0.1) is 29.1 Å². The Balaban J connectivity index is -0.000000165. The van der Waals surface area contributed by atoms with Gasteiger partial charge in [-0.2, -0.15) is 0 Å². The third-order valence-electron chi connectivity index (χ3n) is 7.03. The Kier molecular flexibility index (Phi) is 46.0. The van der Waals surface area contributed by atoms with Crippen LogP contribution in [0.3, 0.4) is 0 Å². The molecule has 0 aliphatic heterocycles. The quantitative estimate of drug-likeness (QED) is 0.0469. The molecule has 0 fully saturated rings. The monoisotopic (exact) mass is 713 g/mol. The maximum Gasteiger partial charge on any atom is 0.303 e. The molecule has 0 aliphatic rings. The number of rotatable bonds is 24. The highest BCUT2D eigenvalue weighted by Crippen LogP contribution is 2.12. The fraction of sp³-hybridized carbons (Fsp3) is 0.892. The van der Waals surface area contributed by atoms with E-state index >= 15 is 0 Å². The minimum Gasteiger partial charge on any atom is -0.481 e. The lowest BCUT2D eigenvalue weighted by Crippen LogP contribution is -2.37. The van der Waals surface area contributed by atoms with E-state index in [1.807, 2.05) is 0 Å². The molecule has 12 nitrogen and oxygen atoms in total. The first-order valence-corrected chi connectivity index (χ1v) is 18.1. The van der Waals surface area contributed by atoms with E-state index in [2.05, 4.69) is 55.4 Å². The average Bonchev–Trinajstić information content (AvgIpc) is 3.00. The minimum absolute atomic E-state index is 0.326. The number of hydrogen-bond donors (Lipinski definition) is 8. The number of aliphatic hydroxyl groups is 4. The van der Waals surface area contributed by atoms with Crippen molar-refractivity contribution in [1.82, 2.24) is 0 Å². The summed E-state index contributed by atoms with van der Waals surface area (Å²) in [4.78, 5) is 40.2. The van der Waals surface area contributed by atoms with Crippen LogP contribution in [0.5, 0.6) is 0 Å². The highest BCUT2D eigenvalue weighted by Gasteiger charge is 2.26. The van der Waals surface area contributed by atoms with Gasteiger partial charge in [0.25, 0.3) is 0 Å². The zero-order chi connectivity index (χ0) is 39.3. The van der Waals surface area contributed by atoms with Crippen LogP contribution in [0.2, 0.25) is 0 Å². The van der Waals surface area contributed by atoms with Crippen molar-refractivity contribution in [2.75, 3.05) is 26.4 Å². The van der Waals surface area contributed by atoms with E-state index in [0.29, 0.717) is 49.4 Å². The largest absolute Gasteiger partial charge is 0.481 e. The summed E-state index contributed by atoms with van der Waals surface area (Å²) in [6.07, 6.45) is 13.4. The van der Waals surface area contributed by atoms with Crippen LogP contribution in [0.15, 0.2) is 0 Å². The maximum atomic E-state index is 10.0. The third kappa shape index (κ3) is 61.4. The predicted molar refractivity (Wildman–Crippen MR) is 195 cm³/mol. The van der Waals surface area contributed by atoms with Crippen LogP contribution in [0.1, 0.15) is 158 Å². The lowest BCUT2D eigenvalue weighted by Gasteiger charge is -2.23. The van der Waals surface area contributed by atoms with E-state index in [-0.39, 0.29) is 0 Å². The van der Waals surface area contributed by atoms with Crippen molar-refractivity contribution < 1.29 is 60.0 Å². The molecule has 0 heterocycles. The van der Waals surface area contributed by atoms with Gasteiger partial charge in [-0.25, -0.2) is 0 Å². The predicted octanol–water partition coefficient (Wildman–Crippen LogP) is 7.09. The summed E-state index contributed by atoms with van der Waals surface area (Å²) in [5.41, 5.74) is -1.11. The Labute approximate surface area is 297 Å².